The van der Waals surface area contributed by atoms with Crippen LogP contribution in [0.3, 0.4) is 0 Å². The average Bonchev–Trinajstić information content (AvgIpc) is 3.18. The molecule has 1 N–H and O–H groups in total. The maximum Gasteiger partial charge on any atom is 0.340 e. The molecule has 1 heterocycles. The van der Waals surface area contributed by atoms with Gasteiger partial charge in [0.15, 0.2) is 6.61 Å². The summed E-state index contributed by atoms with van der Waals surface area (Å²) in [6.07, 6.45) is 0. The maximum absolute atomic E-state index is 12.9. The van der Waals surface area contributed by atoms with Crippen LogP contribution in [0.2, 0.25) is 0 Å². The monoisotopic (exact) mass is 486 g/mol. The van der Waals surface area contributed by atoms with Crippen LogP contribution in [0.1, 0.15) is 35.5 Å². The van der Waals surface area contributed by atoms with E-state index < -0.39 is 5.97 Å². The molecule has 4 rings (SSSR count). The molecule has 4 aromatic rings. The van der Waals surface area contributed by atoms with Gasteiger partial charge in [-0.25, -0.2) is 4.79 Å². The number of esters is 1. The third kappa shape index (κ3) is 5.51. The van der Waals surface area contributed by atoms with Crippen molar-refractivity contribution < 1.29 is 23.8 Å². The summed E-state index contributed by atoms with van der Waals surface area (Å²) in [5, 5.41) is 3.54. The fourth-order valence-electron chi connectivity index (χ4n) is 4.14. The zero-order valence-corrected chi connectivity index (χ0v) is 20.7. The van der Waals surface area contributed by atoms with Crippen LogP contribution >= 0.6 is 0 Å². The van der Waals surface area contributed by atoms with E-state index >= 15 is 0 Å². The summed E-state index contributed by atoms with van der Waals surface area (Å²) in [6.45, 7) is 6.76. The average molecular weight is 487 g/mol. The number of carbonyl (C=O) groups excluding carboxylic acids is 2. The number of nitrogens with one attached hydrogen (secondary N) is 1. The number of nitrogens with zero attached hydrogens (tertiary/aromatic N) is 1. The molecule has 186 valence electrons. The smallest absolute Gasteiger partial charge is 0.340 e. The van der Waals surface area contributed by atoms with Crippen LogP contribution in [0.4, 0.5) is 0 Å². The van der Waals surface area contributed by atoms with Gasteiger partial charge in [0.1, 0.15) is 11.5 Å². The van der Waals surface area contributed by atoms with Crippen molar-refractivity contribution in [1.29, 1.82) is 0 Å². The van der Waals surface area contributed by atoms with Crippen LogP contribution in [0, 0.1) is 6.92 Å². The van der Waals surface area contributed by atoms with E-state index in [4.69, 9.17) is 14.2 Å². The summed E-state index contributed by atoms with van der Waals surface area (Å²) in [5.41, 5.74) is 3.97. The fraction of sp³-hybridized carbons (Fsp3) is 0.241. The van der Waals surface area contributed by atoms with E-state index in [2.05, 4.69) is 5.32 Å². The first-order valence-electron chi connectivity index (χ1n) is 12.0. The van der Waals surface area contributed by atoms with Crippen molar-refractivity contribution in [2.45, 2.75) is 27.3 Å². The molecule has 1 aromatic heterocycles. The summed E-state index contributed by atoms with van der Waals surface area (Å²) in [4.78, 5) is 25.2. The Hall–Kier alpha value is -4.26. The highest BCUT2D eigenvalue weighted by molar-refractivity contribution is 6.07. The second-order valence-corrected chi connectivity index (χ2v) is 8.17. The van der Waals surface area contributed by atoms with Crippen LogP contribution in [0.15, 0.2) is 72.8 Å². The van der Waals surface area contributed by atoms with Crippen molar-refractivity contribution in [3.8, 4) is 17.2 Å². The molecule has 0 fully saturated rings. The molecule has 0 unspecified atom stereocenters. The molecule has 0 aliphatic heterocycles. The first kappa shape index (κ1) is 24.9. The number of carbonyl (C=O) groups is 2. The van der Waals surface area contributed by atoms with Gasteiger partial charge in [-0.2, -0.15) is 0 Å². The summed E-state index contributed by atoms with van der Waals surface area (Å²) >= 11 is 0. The van der Waals surface area contributed by atoms with Gasteiger partial charge in [-0.1, -0.05) is 30.3 Å². The molecule has 0 saturated heterocycles. The zero-order valence-electron chi connectivity index (χ0n) is 20.7. The SMILES string of the molecule is CCOC(=O)c1c(C)n(-c2ccc(OCC)cc2)c2ccc(OCC(=O)NCc3ccccc3)cc12. The quantitative estimate of drug-likeness (QED) is 0.311. The lowest BCUT2D eigenvalue weighted by Crippen LogP contribution is -2.28. The van der Waals surface area contributed by atoms with Gasteiger partial charge >= 0.3 is 5.97 Å². The molecule has 0 aliphatic rings. The van der Waals surface area contributed by atoms with Crippen molar-refractivity contribution in [2.24, 2.45) is 0 Å². The second-order valence-electron chi connectivity index (χ2n) is 8.17. The van der Waals surface area contributed by atoms with Crippen molar-refractivity contribution in [3.05, 3.63) is 89.6 Å². The summed E-state index contributed by atoms with van der Waals surface area (Å²) in [5.74, 6) is 0.643. The summed E-state index contributed by atoms with van der Waals surface area (Å²) in [6, 6.07) is 22.9. The number of hydrogen-bond donors (Lipinski definition) is 1. The van der Waals surface area contributed by atoms with E-state index in [0.717, 1.165) is 28.2 Å². The minimum atomic E-state index is -0.401. The van der Waals surface area contributed by atoms with Crippen LogP contribution < -0.4 is 14.8 Å². The van der Waals surface area contributed by atoms with Gasteiger partial charge in [-0.15, -0.1) is 0 Å². The van der Waals surface area contributed by atoms with Gasteiger partial charge in [-0.05, 0) is 68.8 Å². The second kappa shape index (κ2) is 11.4. The molecule has 1 amide bonds. The first-order valence-corrected chi connectivity index (χ1v) is 12.0. The molecule has 0 spiro atoms. The largest absolute Gasteiger partial charge is 0.494 e. The standard InChI is InChI=1S/C29H30N2O5/c1-4-34-23-13-11-22(12-14-23)31-20(3)28(29(33)35-5-2)25-17-24(15-16-26(25)31)36-19-27(32)30-18-21-9-7-6-8-10-21/h6-17H,4-5,18-19H2,1-3H3,(H,30,32). The summed E-state index contributed by atoms with van der Waals surface area (Å²) < 4.78 is 18.7. The van der Waals surface area contributed by atoms with Crippen molar-refractivity contribution in [1.82, 2.24) is 9.88 Å². The van der Waals surface area contributed by atoms with Crippen molar-refractivity contribution >= 4 is 22.8 Å². The lowest BCUT2D eigenvalue weighted by atomic mass is 10.1. The molecule has 36 heavy (non-hydrogen) atoms. The molecular formula is C29H30N2O5. The normalized spacial score (nSPS) is 10.8. The van der Waals surface area contributed by atoms with E-state index in [-0.39, 0.29) is 19.1 Å². The van der Waals surface area contributed by atoms with E-state index in [1.807, 2.05) is 79.1 Å². The number of hydrogen-bond acceptors (Lipinski definition) is 5. The Morgan fingerprint density at radius 1 is 0.861 bits per heavy atom. The Morgan fingerprint density at radius 3 is 2.28 bits per heavy atom. The van der Waals surface area contributed by atoms with Gasteiger partial charge < -0.3 is 24.1 Å². The topological polar surface area (TPSA) is 78.8 Å². The molecule has 0 saturated carbocycles. The van der Waals surface area contributed by atoms with Crippen LogP contribution in [0.25, 0.3) is 16.6 Å². The number of fused-ring (bicyclic) bond motifs is 1. The van der Waals surface area contributed by atoms with Crippen LogP contribution in [-0.4, -0.2) is 36.3 Å². The lowest BCUT2D eigenvalue weighted by Gasteiger charge is -2.11. The molecule has 0 atom stereocenters. The van der Waals surface area contributed by atoms with E-state index in [9.17, 15) is 9.59 Å². The van der Waals surface area contributed by atoms with Gasteiger partial charge in [0.25, 0.3) is 5.91 Å². The van der Waals surface area contributed by atoms with Crippen LogP contribution in [-0.2, 0) is 16.1 Å². The van der Waals surface area contributed by atoms with E-state index in [1.54, 1.807) is 19.1 Å². The number of rotatable bonds is 10. The van der Waals surface area contributed by atoms with Crippen molar-refractivity contribution in [2.75, 3.05) is 19.8 Å². The highest BCUT2D eigenvalue weighted by Crippen LogP contribution is 2.33. The number of amides is 1. The van der Waals surface area contributed by atoms with Crippen LogP contribution in [0.5, 0.6) is 11.5 Å². The molecular weight excluding hydrogens is 456 g/mol. The Labute approximate surface area is 210 Å². The molecule has 7 nitrogen and oxygen atoms in total. The Morgan fingerprint density at radius 2 is 1.58 bits per heavy atom. The molecule has 0 bridgehead atoms. The molecule has 0 radical (unpaired) electrons. The van der Waals surface area contributed by atoms with Gasteiger partial charge in [0, 0.05) is 23.3 Å². The predicted molar refractivity (Wildman–Crippen MR) is 139 cm³/mol. The number of benzene rings is 3. The van der Waals surface area contributed by atoms with Gasteiger partial charge in [-0.3, -0.25) is 4.79 Å². The third-order valence-electron chi connectivity index (χ3n) is 5.76. The summed E-state index contributed by atoms with van der Waals surface area (Å²) in [7, 11) is 0. The molecule has 3 aromatic carbocycles. The number of aromatic nitrogens is 1. The Balaban J connectivity index is 1.60. The highest BCUT2D eigenvalue weighted by Gasteiger charge is 2.22. The minimum Gasteiger partial charge on any atom is -0.494 e. The molecule has 7 heteroatoms. The lowest BCUT2D eigenvalue weighted by molar-refractivity contribution is -0.123. The van der Waals surface area contributed by atoms with Gasteiger partial charge in [0.05, 0.1) is 24.3 Å². The number of ether oxygens (including phenoxy) is 3. The maximum atomic E-state index is 12.9. The Kier molecular flexibility index (Phi) is 7.90. The minimum absolute atomic E-state index is 0.133. The highest BCUT2D eigenvalue weighted by atomic mass is 16.5. The van der Waals surface area contributed by atoms with E-state index in [0.29, 0.717) is 29.9 Å². The fourth-order valence-corrected chi connectivity index (χ4v) is 4.14. The zero-order chi connectivity index (χ0) is 25.5. The van der Waals surface area contributed by atoms with Crippen molar-refractivity contribution in [3.63, 3.8) is 0 Å². The first-order chi connectivity index (χ1) is 17.5. The van der Waals surface area contributed by atoms with E-state index in [1.165, 1.54) is 0 Å². The van der Waals surface area contributed by atoms with Gasteiger partial charge in [0.2, 0.25) is 0 Å². The molecule has 0 aliphatic carbocycles. The third-order valence-corrected chi connectivity index (χ3v) is 5.76. The predicted octanol–water partition coefficient (Wildman–Crippen LogP) is 5.21. The Bertz CT molecular complexity index is 1340.